The summed E-state index contributed by atoms with van der Waals surface area (Å²) >= 11 is 0. The third-order valence-electron chi connectivity index (χ3n) is 5.96. The lowest BCUT2D eigenvalue weighted by atomic mass is 9.98. The van der Waals surface area contributed by atoms with Crippen molar-refractivity contribution in [1.82, 2.24) is 15.5 Å². The number of phenolic OH excluding ortho intramolecular Hbond substituents is 1. The number of alkyl carbamates (subject to hydrolysis) is 1. The van der Waals surface area contributed by atoms with Crippen molar-refractivity contribution < 1.29 is 24.2 Å². The molecule has 2 unspecified atom stereocenters. The molecule has 0 fully saturated rings. The molecule has 0 heterocycles. The molecule has 0 aliphatic heterocycles. The van der Waals surface area contributed by atoms with Gasteiger partial charge < -0.3 is 25.4 Å². The fraction of sp³-hybridized carbons (Fsp3) is 0.452. The van der Waals surface area contributed by atoms with E-state index in [2.05, 4.69) is 17.2 Å². The molecular formula is C31H43N3O5. The van der Waals surface area contributed by atoms with E-state index in [1.54, 1.807) is 39.0 Å². The molecule has 0 spiro atoms. The second-order valence-electron chi connectivity index (χ2n) is 10.5. The zero-order valence-corrected chi connectivity index (χ0v) is 23.8. The number of nitrogens with zero attached hydrogens (tertiary/aromatic N) is 1. The molecule has 0 bridgehead atoms. The number of hydrogen-bond acceptors (Lipinski definition) is 5. The first kappa shape index (κ1) is 31.4. The minimum atomic E-state index is -1.01. The molecule has 0 saturated carbocycles. The number of nitrogens with one attached hydrogen (secondary N) is 2. The highest BCUT2D eigenvalue weighted by atomic mass is 16.6. The van der Waals surface area contributed by atoms with Crippen molar-refractivity contribution in [2.24, 2.45) is 0 Å². The van der Waals surface area contributed by atoms with Gasteiger partial charge in [0.25, 0.3) is 0 Å². The van der Waals surface area contributed by atoms with E-state index in [4.69, 9.17) is 4.74 Å². The van der Waals surface area contributed by atoms with E-state index in [0.717, 1.165) is 24.0 Å². The second-order valence-corrected chi connectivity index (χ2v) is 10.5. The van der Waals surface area contributed by atoms with E-state index >= 15 is 0 Å². The van der Waals surface area contributed by atoms with Crippen LogP contribution in [0.15, 0.2) is 55.1 Å². The van der Waals surface area contributed by atoms with Crippen LogP contribution in [-0.2, 0) is 20.7 Å². The Morgan fingerprint density at radius 2 is 1.77 bits per heavy atom. The van der Waals surface area contributed by atoms with Crippen molar-refractivity contribution in [2.45, 2.75) is 78.0 Å². The minimum absolute atomic E-state index is 0.0975. The number of unbranched alkanes of at least 4 members (excludes halogenated alkanes) is 1. The summed E-state index contributed by atoms with van der Waals surface area (Å²) < 4.78 is 5.45. The topological polar surface area (TPSA) is 108 Å². The third kappa shape index (κ3) is 10.1. The van der Waals surface area contributed by atoms with Gasteiger partial charge >= 0.3 is 6.09 Å². The normalized spacial score (nSPS) is 12.6. The third-order valence-corrected chi connectivity index (χ3v) is 5.96. The number of benzene rings is 2. The van der Waals surface area contributed by atoms with Crippen LogP contribution in [0, 0.1) is 0 Å². The van der Waals surface area contributed by atoms with Crippen LogP contribution in [0.4, 0.5) is 4.79 Å². The summed E-state index contributed by atoms with van der Waals surface area (Å²) in [7, 11) is 0. The summed E-state index contributed by atoms with van der Waals surface area (Å²) in [6.45, 7) is 13.8. The molecule has 212 valence electrons. The van der Waals surface area contributed by atoms with Crippen molar-refractivity contribution in [1.29, 1.82) is 0 Å². The molecule has 8 nitrogen and oxygen atoms in total. The predicted octanol–water partition coefficient (Wildman–Crippen LogP) is 5.37. The Bertz CT molecular complexity index is 1110. The van der Waals surface area contributed by atoms with Gasteiger partial charge in [-0.15, -0.1) is 0 Å². The van der Waals surface area contributed by atoms with Gasteiger partial charge in [-0.2, -0.15) is 0 Å². The smallest absolute Gasteiger partial charge is 0.408 e. The van der Waals surface area contributed by atoms with Gasteiger partial charge in [0.05, 0.1) is 0 Å². The first-order valence-corrected chi connectivity index (χ1v) is 13.6. The van der Waals surface area contributed by atoms with Crippen molar-refractivity contribution in [2.75, 3.05) is 13.1 Å². The van der Waals surface area contributed by atoms with Gasteiger partial charge in [-0.1, -0.05) is 63.3 Å². The summed E-state index contributed by atoms with van der Waals surface area (Å²) in [5.41, 5.74) is 1.46. The molecule has 0 aliphatic carbocycles. The zero-order chi connectivity index (χ0) is 29.0. The number of phenols is 1. The van der Waals surface area contributed by atoms with Gasteiger partial charge in [-0.25, -0.2) is 4.79 Å². The van der Waals surface area contributed by atoms with E-state index < -0.39 is 29.7 Å². The van der Waals surface area contributed by atoms with Crippen LogP contribution >= 0.6 is 0 Å². The Labute approximate surface area is 232 Å². The number of rotatable bonds is 13. The van der Waals surface area contributed by atoms with Crippen molar-refractivity contribution >= 4 is 24.0 Å². The van der Waals surface area contributed by atoms with Crippen LogP contribution in [0.1, 0.15) is 76.6 Å². The lowest BCUT2D eigenvalue weighted by Gasteiger charge is -2.34. The second kappa shape index (κ2) is 15.0. The van der Waals surface area contributed by atoms with Crippen LogP contribution in [0.3, 0.4) is 0 Å². The highest BCUT2D eigenvalue weighted by molar-refractivity contribution is 5.92. The van der Waals surface area contributed by atoms with E-state index in [-0.39, 0.29) is 18.1 Å². The maximum absolute atomic E-state index is 14.2. The van der Waals surface area contributed by atoms with Crippen molar-refractivity contribution in [3.63, 3.8) is 0 Å². The fourth-order valence-corrected chi connectivity index (χ4v) is 4.14. The van der Waals surface area contributed by atoms with Gasteiger partial charge in [0.2, 0.25) is 11.8 Å². The van der Waals surface area contributed by atoms with E-state index in [1.165, 1.54) is 17.0 Å². The molecule has 2 aromatic carbocycles. The van der Waals surface area contributed by atoms with Crippen LogP contribution < -0.4 is 10.6 Å². The Morgan fingerprint density at radius 1 is 1.08 bits per heavy atom. The first-order valence-electron chi connectivity index (χ1n) is 13.6. The van der Waals surface area contributed by atoms with Crippen LogP contribution in [0.5, 0.6) is 5.75 Å². The molecule has 2 aromatic rings. The van der Waals surface area contributed by atoms with Crippen LogP contribution in [0.2, 0.25) is 0 Å². The largest absolute Gasteiger partial charge is 0.508 e. The van der Waals surface area contributed by atoms with E-state index in [0.29, 0.717) is 25.1 Å². The first-order chi connectivity index (χ1) is 18.5. The van der Waals surface area contributed by atoms with Crippen LogP contribution in [0.25, 0.3) is 6.08 Å². The van der Waals surface area contributed by atoms with Gasteiger partial charge in [0.15, 0.2) is 0 Å². The quantitative estimate of drug-likeness (QED) is 0.298. The maximum Gasteiger partial charge on any atom is 0.408 e. The molecule has 2 rings (SSSR count). The average molecular weight is 538 g/mol. The number of ether oxygens (including phenoxy) is 1. The van der Waals surface area contributed by atoms with Crippen molar-refractivity contribution in [3.05, 3.63) is 71.8 Å². The summed E-state index contributed by atoms with van der Waals surface area (Å²) in [5.74, 6) is -0.595. The van der Waals surface area contributed by atoms with Gasteiger partial charge in [-0.05, 0) is 68.5 Å². The minimum Gasteiger partial charge on any atom is -0.508 e. The van der Waals surface area contributed by atoms with Crippen LogP contribution in [-0.4, -0.2) is 52.6 Å². The number of amides is 3. The standard InChI is InChI=1S/C31H43N3O5/c1-7-10-18-32-28(36)27(24-13-11-12-22(9-3)20-24)34(19-8-2)29(37)26(33-30(38)39-31(4,5)6)21-23-14-16-25(35)17-15-23/h9,11-17,20,26-27,35H,3,7-8,10,18-19,21H2,1-2,4-6H3,(H,32,36)(H,33,38). The molecule has 0 radical (unpaired) electrons. The van der Waals surface area contributed by atoms with Gasteiger partial charge in [0, 0.05) is 19.5 Å². The Morgan fingerprint density at radius 3 is 2.36 bits per heavy atom. The molecule has 0 saturated heterocycles. The number of aromatic hydroxyl groups is 1. The molecular weight excluding hydrogens is 494 g/mol. The molecule has 0 aromatic heterocycles. The summed E-state index contributed by atoms with van der Waals surface area (Å²) in [5, 5.41) is 15.4. The molecule has 39 heavy (non-hydrogen) atoms. The Kier molecular flexibility index (Phi) is 12.0. The highest BCUT2D eigenvalue weighted by Crippen LogP contribution is 2.25. The SMILES string of the molecule is C=Cc1cccc(C(C(=O)NCCCC)N(CCC)C(=O)C(Cc2ccc(O)cc2)NC(=O)OC(C)(C)C)c1. The summed E-state index contributed by atoms with van der Waals surface area (Å²) in [6, 6.07) is 11.9. The maximum atomic E-state index is 14.2. The van der Waals surface area contributed by atoms with E-state index in [9.17, 15) is 19.5 Å². The van der Waals surface area contributed by atoms with Gasteiger partial charge in [0.1, 0.15) is 23.4 Å². The fourth-order valence-electron chi connectivity index (χ4n) is 4.14. The average Bonchev–Trinajstić information content (AvgIpc) is 2.88. The van der Waals surface area contributed by atoms with E-state index in [1.807, 2.05) is 38.1 Å². The molecule has 2 atom stereocenters. The summed E-state index contributed by atoms with van der Waals surface area (Å²) in [4.78, 5) is 42.1. The predicted molar refractivity (Wildman–Crippen MR) is 154 cm³/mol. The highest BCUT2D eigenvalue weighted by Gasteiger charge is 2.36. The molecule has 8 heteroatoms. The Hall–Kier alpha value is -3.81. The zero-order valence-electron chi connectivity index (χ0n) is 23.8. The number of hydrogen-bond donors (Lipinski definition) is 3. The number of carbonyl (C=O) groups excluding carboxylic acids is 3. The number of carbonyl (C=O) groups is 3. The Balaban J connectivity index is 2.52. The lowest BCUT2D eigenvalue weighted by Crippen LogP contribution is -2.54. The monoisotopic (exact) mass is 537 g/mol. The van der Waals surface area contributed by atoms with Gasteiger partial charge in [-0.3, -0.25) is 9.59 Å². The van der Waals surface area contributed by atoms with Crippen molar-refractivity contribution in [3.8, 4) is 5.75 Å². The molecule has 3 N–H and O–H groups in total. The summed E-state index contributed by atoms with van der Waals surface area (Å²) in [6.07, 6.45) is 3.45. The molecule has 3 amide bonds. The lowest BCUT2D eigenvalue weighted by molar-refractivity contribution is -0.142. The molecule has 0 aliphatic rings.